The smallest absolute Gasteiger partial charge is 0.356 e. The number of carbonyl (C=O) groups excluding carboxylic acids is 2. The molecular formula is C30H32N4O6. The molecule has 1 saturated heterocycles. The van der Waals surface area contributed by atoms with Crippen molar-refractivity contribution in [1.82, 2.24) is 9.55 Å². The third-order valence-corrected chi connectivity index (χ3v) is 6.95. The Morgan fingerprint density at radius 3 is 2.65 bits per heavy atom. The molecule has 3 heterocycles. The molecule has 2 aromatic carbocycles. The molecule has 10 nitrogen and oxygen atoms in total. The lowest BCUT2D eigenvalue weighted by molar-refractivity contribution is -0.124. The van der Waals surface area contributed by atoms with Gasteiger partial charge in [0.2, 0.25) is 0 Å². The number of carbonyl (C=O) groups is 2. The lowest BCUT2D eigenvalue weighted by Gasteiger charge is -2.13. The third-order valence-electron chi connectivity index (χ3n) is 6.95. The Morgan fingerprint density at radius 2 is 1.95 bits per heavy atom. The zero-order valence-corrected chi connectivity index (χ0v) is 22.5. The first-order valence-corrected chi connectivity index (χ1v) is 13.1. The quantitative estimate of drug-likeness (QED) is 0.249. The number of ether oxygens (including phenoxy) is 3. The largest absolute Gasteiger partial charge is 0.504 e. The third kappa shape index (κ3) is 5.72. The van der Waals surface area contributed by atoms with Gasteiger partial charge in [0, 0.05) is 25.1 Å². The van der Waals surface area contributed by atoms with Crippen molar-refractivity contribution in [2.24, 2.45) is 0 Å². The van der Waals surface area contributed by atoms with Crippen LogP contribution in [-0.4, -0.2) is 53.5 Å². The van der Waals surface area contributed by atoms with Gasteiger partial charge in [-0.05, 0) is 48.6 Å². The molecule has 1 unspecified atom stereocenters. The van der Waals surface area contributed by atoms with Crippen molar-refractivity contribution in [3.8, 4) is 11.5 Å². The average molecular weight is 545 g/mol. The van der Waals surface area contributed by atoms with Gasteiger partial charge in [0.15, 0.2) is 17.2 Å². The van der Waals surface area contributed by atoms with Gasteiger partial charge >= 0.3 is 5.97 Å². The maximum atomic E-state index is 13.1. The highest BCUT2D eigenvalue weighted by atomic mass is 16.5. The van der Waals surface area contributed by atoms with E-state index in [1.807, 2.05) is 42.5 Å². The molecule has 4 aromatic rings. The number of nitrogens with zero attached hydrogens (tertiary/aromatic N) is 2. The number of phenolic OH excluding ortho intramolecular Hbond substituents is 1. The van der Waals surface area contributed by atoms with Gasteiger partial charge in [0.05, 0.1) is 31.8 Å². The number of fused-ring (bicyclic) bond motifs is 1. The van der Waals surface area contributed by atoms with Crippen LogP contribution < -0.4 is 15.4 Å². The van der Waals surface area contributed by atoms with Crippen LogP contribution in [0.4, 0.5) is 11.4 Å². The predicted molar refractivity (Wildman–Crippen MR) is 151 cm³/mol. The number of aromatic nitrogens is 2. The summed E-state index contributed by atoms with van der Waals surface area (Å²) in [7, 11) is 2.82. The van der Waals surface area contributed by atoms with Crippen molar-refractivity contribution in [1.29, 1.82) is 0 Å². The molecule has 1 aliphatic heterocycles. The zero-order chi connectivity index (χ0) is 28.1. The number of hydrogen-bond acceptors (Lipinski definition) is 8. The maximum Gasteiger partial charge on any atom is 0.356 e. The fourth-order valence-corrected chi connectivity index (χ4v) is 4.90. The van der Waals surface area contributed by atoms with E-state index in [9.17, 15) is 14.7 Å². The number of esters is 1. The summed E-state index contributed by atoms with van der Waals surface area (Å²) in [5.41, 5.74) is 3.73. The van der Waals surface area contributed by atoms with E-state index in [1.54, 1.807) is 22.9 Å². The molecular weight excluding hydrogens is 512 g/mol. The van der Waals surface area contributed by atoms with Crippen LogP contribution in [0, 0.1) is 0 Å². The lowest BCUT2D eigenvalue weighted by Crippen LogP contribution is -2.28. The van der Waals surface area contributed by atoms with E-state index in [-0.39, 0.29) is 17.4 Å². The van der Waals surface area contributed by atoms with Crippen LogP contribution in [-0.2, 0) is 33.8 Å². The fourth-order valence-electron chi connectivity index (χ4n) is 4.90. The van der Waals surface area contributed by atoms with E-state index in [0.717, 1.165) is 17.5 Å². The number of aromatic hydroxyl groups is 1. The minimum atomic E-state index is -0.578. The Morgan fingerprint density at radius 1 is 1.12 bits per heavy atom. The van der Waals surface area contributed by atoms with Gasteiger partial charge in [-0.1, -0.05) is 36.4 Å². The molecule has 1 fully saturated rings. The summed E-state index contributed by atoms with van der Waals surface area (Å²) in [5, 5.41) is 17.0. The molecule has 0 spiro atoms. The molecule has 1 amide bonds. The van der Waals surface area contributed by atoms with Crippen LogP contribution in [0.2, 0.25) is 0 Å². The van der Waals surface area contributed by atoms with Crippen molar-refractivity contribution < 1.29 is 28.9 Å². The lowest BCUT2D eigenvalue weighted by atomic mass is 10.1. The van der Waals surface area contributed by atoms with Crippen molar-refractivity contribution >= 4 is 34.3 Å². The van der Waals surface area contributed by atoms with Gasteiger partial charge in [-0.3, -0.25) is 4.79 Å². The number of rotatable bonds is 10. The van der Waals surface area contributed by atoms with Crippen molar-refractivity contribution in [3.63, 3.8) is 0 Å². The van der Waals surface area contributed by atoms with Crippen molar-refractivity contribution in [2.75, 3.05) is 31.5 Å². The Hall–Kier alpha value is -4.57. The number of pyridine rings is 1. The van der Waals surface area contributed by atoms with Crippen LogP contribution in [0.25, 0.3) is 11.0 Å². The molecule has 40 heavy (non-hydrogen) atoms. The van der Waals surface area contributed by atoms with E-state index in [2.05, 4.69) is 10.6 Å². The van der Waals surface area contributed by atoms with Gasteiger partial charge in [-0.2, -0.15) is 0 Å². The summed E-state index contributed by atoms with van der Waals surface area (Å²) in [6.07, 6.45) is 3.17. The molecule has 1 atom stereocenters. The first-order chi connectivity index (χ1) is 19.5. The number of methoxy groups -OCH3 is 2. The number of nitrogens with one attached hydrogen (secondary N) is 2. The highest BCUT2D eigenvalue weighted by Crippen LogP contribution is 2.34. The second-order valence-corrected chi connectivity index (χ2v) is 9.55. The molecule has 0 bridgehead atoms. The minimum absolute atomic E-state index is 0.0488. The number of hydrogen-bond donors (Lipinski definition) is 3. The number of anilines is 2. The summed E-state index contributed by atoms with van der Waals surface area (Å²) in [4.78, 5) is 30.9. The van der Waals surface area contributed by atoms with Crippen LogP contribution in [0.15, 0.2) is 60.8 Å². The monoisotopic (exact) mass is 544 g/mol. The summed E-state index contributed by atoms with van der Waals surface area (Å²) in [5.74, 6) is -0.438. The van der Waals surface area contributed by atoms with Crippen LogP contribution >= 0.6 is 0 Å². The van der Waals surface area contributed by atoms with Gasteiger partial charge in [0.25, 0.3) is 5.91 Å². The summed E-state index contributed by atoms with van der Waals surface area (Å²) in [6.45, 7) is 1.38. The first-order valence-electron chi connectivity index (χ1n) is 13.1. The molecule has 3 N–H and O–H groups in total. The fraction of sp³-hybridized carbons (Fsp3) is 0.300. The Kier molecular flexibility index (Phi) is 8.16. The number of benzene rings is 2. The van der Waals surface area contributed by atoms with Gasteiger partial charge < -0.3 is 34.5 Å². The summed E-state index contributed by atoms with van der Waals surface area (Å²) < 4.78 is 17.7. The van der Waals surface area contributed by atoms with E-state index < -0.39 is 12.1 Å². The second kappa shape index (κ2) is 12.1. The van der Waals surface area contributed by atoms with Gasteiger partial charge in [0.1, 0.15) is 11.8 Å². The van der Waals surface area contributed by atoms with Crippen LogP contribution in [0.5, 0.6) is 11.5 Å². The highest BCUT2D eigenvalue weighted by molar-refractivity contribution is 6.12. The molecule has 1 aliphatic rings. The molecule has 2 aromatic heterocycles. The van der Waals surface area contributed by atoms with E-state index in [1.165, 1.54) is 14.2 Å². The average Bonchev–Trinajstić information content (AvgIpc) is 3.62. The van der Waals surface area contributed by atoms with E-state index in [4.69, 9.17) is 19.2 Å². The topological polar surface area (TPSA) is 124 Å². The second-order valence-electron chi connectivity index (χ2n) is 9.55. The summed E-state index contributed by atoms with van der Waals surface area (Å²) >= 11 is 0. The minimum Gasteiger partial charge on any atom is -0.504 e. The van der Waals surface area contributed by atoms with Crippen molar-refractivity contribution in [2.45, 2.75) is 38.5 Å². The zero-order valence-electron chi connectivity index (χ0n) is 22.5. The van der Waals surface area contributed by atoms with E-state index in [0.29, 0.717) is 60.7 Å². The molecule has 0 saturated carbocycles. The Balaban J connectivity index is 1.52. The standard InChI is InChI=1S/C30H32N4O6/c1-38-24-11-10-20(15-23(24)35)17-31-21-16-22-26(33-29(36)25-9-6-14-40-25)27(30(37)39-2)34(28(22)32-18-21)13-12-19-7-4-3-5-8-19/h3-5,7-8,10-11,15-16,18,25,31,35H,6,9,12-14,17H2,1-2H3,(H,33,36). The first kappa shape index (κ1) is 27.0. The molecule has 0 radical (unpaired) electrons. The van der Waals surface area contributed by atoms with Crippen LogP contribution in [0.1, 0.15) is 34.5 Å². The molecule has 208 valence electrons. The molecule has 10 heteroatoms. The van der Waals surface area contributed by atoms with Gasteiger partial charge in [-0.25, -0.2) is 9.78 Å². The predicted octanol–water partition coefficient (Wildman–Crippen LogP) is 4.51. The normalized spacial score (nSPS) is 14.7. The highest BCUT2D eigenvalue weighted by Gasteiger charge is 2.30. The molecule has 0 aliphatic carbocycles. The number of phenols is 1. The Labute approximate surface area is 231 Å². The maximum absolute atomic E-state index is 13.1. The van der Waals surface area contributed by atoms with E-state index >= 15 is 0 Å². The Bertz CT molecular complexity index is 1510. The molecule has 5 rings (SSSR count). The van der Waals surface area contributed by atoms with Crippen LogP contribution in [0.3, 0.4) is 0 Å². The SMILES string of the molecule is COC(=O)c1c(NC(=O)C2CCCO2)c2cc(NCc3ccc(OC)c(O)c3)cnc2n1CCc1ccccc1. The van der Waals surface area contributed by atoms with Gasteiger partial charge in [-0.15, -0.1) is 0 Å². The number of amides is 1. The van der Waals surface area contributed by atoms with Crippen molar-refractivity contribution in [3.05, 3.63) is 77.6 Å². The number of aryl methyl sites for hydroxylation is 2. The summed E-state index contributed by atoms with van der Waals surface area (Å²) in [6, 6.07) is 17.0.